The number of alkyl halides is 3. The molecule has 1 aromatic carbocycles. The number of carbonyl (C=O) groups is 1. The first kappa shape index (κ1) is 22.0. The minimum absolute atomic E-state index is 0.0861. The lowest BCUT2D eigenvalue weighted by Crippen LogP contribution is -2.44. The van der Waals surface area contributed by atoms with Crippen LogP contribution < -0.4 is 4.74 Å². The predicted molar refractivity (Wildman–Crippen MR) is 111 cm³/mol. The summed E-state index contributed by atoms with van der Waals surface area (Å²) in [7, 11) is 0. The minimum Gasteiger partial charge on any atom is -0.471 e. The van der Waals surface area contributed by atoms with E-state index in [0.717, 1.165) is 6.07 Å². The Morgan fingerprint density at radius 1 is 1.12 bits per heavy atom. The second kappa shape index (κ2) is 9.12. The molecule has 0 N–H and O–H groups in total. The van der Waals surface area contributed by atoms with Crippen molar-refractivity contribution in [2.75, 3.05) is 13.1 Å². The van der Waals surface area contributed by atoms with Crippen molar-refractivity contribution >= 4 is 17.5 Å². The maximum Gasteiger partial charge on any atom is 0.417 e. The first-order valence-electron chi connectivity index (χ1n) is 9.88. The Bertz CT molecular complexity index is 1110. The van der Waals surface area contributed by atoms with E-state index < -0.39 is 17.8 Å². The monoisotopic (exact) mass is 462 g/mol. The van der Waals surface area contributed by atoms with E-state index in [-0.39, 0.29) is 23.4 Å². The molecule has 10 heteroatoms. The van der Waals surface area contributed by atoms with Gasteiger partial charge < -0.3 is 9.64 Å². The standard InChI is InChI=1S/C22H18ClF3N4O2/c23-18-11-14(22(24,25)26)12-29-20(18)32-15-5-3-10-30(13-15)21(31)17-7-2-1-6-16(17)19-27-8-4-9-28-19/h1-2,4,6-9,11-12,15H,3,5,10,13H2. The van der Waals surface area contributed by atoms with E-state index in [4.69, 9.17) is 16.3 Å². The van der Waals surface area contributed by atoms with Gasteiger partial charge in [0.1, 0.15) is 11.1 Å². The molecule has 32 heavy (non-hydrogen) atoms. The Labute approximate surface area is 187 Å². The molecular weight excluding hydrogens is 445 g/mol. The summed E-state index contributed by atoms with van der Waals surface area (Å²) in [5.41, 5.74) is 0.133. The van der Waals surface area contributed by atoms with Crippen LogP contribution in [-0.2, 0) is 6.18 Å². The molecule has 4 rings (SSSR count). The van der Waals surface area contributed by atoms with Gasteiger partial charge in [0.2, 0.25) is 5.88 Å². The molecule has 0 spiro atoms. The van der Waals surface area contributed by atoms with Gasteiger partial charge in [-0.25, -0.2) is 15.0 Å². The average Bonchev–Trinajstić information content (AvgIpc) is 2.80. The molecule has 2 aromatic heterocycles. The highest BCUT2D eigenvalue weighted by Crippen LogP contribution is 2.34. The van der Waals surface area contributed by atoms with Gasteiger partial charge in [0.25, 0.3) is 5.91 Å². The molecule has 0 saturated carbocycles. The topological polar surface area (TPSA) is 68.2 Å². The van der Waals surface area contributed by atoms with Crippen LogP contribution in [0.3, 0.4) is 0 Å². The lowest BCUT2D eigenvalue weighted by molar-refractivity contribution is -0.137. The van der Waals surface area contributed by atoms with Crippen molar-refractivity contribution < 1.29 is 22.7 Å². The molecule has 0 radical (unpaired) electrons. The van der Waals surface area contributed by atoms with E-state index in [1.807, 2.05) is 6.07 Å². The van der Waals surface area contributed by atoms with Crippen LogP contribution in [0.4, 0.5) is 13.2 Å². The van der Waals surface area contributed by atoms with Crippen molar-refractivity contribution in [3.8, 4) is 17.3 Å². The molecule has 1 fully saturated rings. The summed E-state index contributed by atoms with van der Waals surface area (Å²) in [6, 6.07) is 9.55. The van der Waals surface area contributed by atoms with E-state index in [0.29, 0.717) is 42.5 Å². The third-order valence-corrected chi connectivity index (χ3v) is 5.31. The quantitative estimate of drug-likeness (QED) is 0.552. The number of rotatable bonds is 4. The minimum atomic E-state index is -4.54. The molecule has 166 valence electrons. The van der Waals surface area contributed by atoms with Gasteiger partial charge in [0, 0.05) is 30.7 Å². The second-order valence-corrected chi connectivity index (χ2v) is 7.67. The Kier molecular flexibility index (Phi) is 6.27. The van der Waals surface area contributed by atoms with E-state index in [1.54, 1.807) is 41.6 Å². The maximum absolute atomic E-state index is 13.3. The third kappa shape index (κ3) is 4.83. The summed E-state index contributed by atoms with van der Waals surface area (Å²) >= 11 is 5.96. The fourth-order valence-corrected chi connectivity index (χ4v) is 3.73. The fourth-order valence-electron chi connectivity index (χ4n) is 3.52. The SMILES string of the molecule is O=C(c1ccccc1-c1ncccn1)N1CCCC(Oc2ncc(C(F)(F)F)cc2Cl)C1. The third-order valence-electron chi connectivity index (χ3n) is 5.04. The molecule has 1 saturated heterocycles. The van der Waals surface area contributed by atoms with Crippen molar-refractivity contribution in [3.05, 3.63) is 71.1 Å². The molecule has 1 atom stereocenters. The van der Waals surface area contributed by atoms with Crippen molar-refractivity contribution in [1.82, 2.24) is 19.9 Å². The molecule has 3 heterocycles. The Morgan fingerprint density at radius 3 is 2.59 bits per heavy atom. The van der Waals surface area contributed by atoms with E-state index >= 15 is 0 Å². The fraction of sp³-hybridized carbons (Fsp3) is 0.273. The van der Waals surface area contributed by atoms with Crippen LogP contribution in [0.5, 0.6) is 5.88 Å². The number of halogens is 4. The molecule has 3 aromatic rings. The summed E-state index contributed by atoms with van der Waals surface area (Å²) < 4.78 is 44.2. The molecule has 1 aliphatic heterocycles. The molecule has 1 aliphatic rings. The number of nitrogens with zero attached hydrogens (tertiary/aromatic N) is 4. The van der Waals surface area contributed by atoms with Crippen molar-refractivity contribution in [1.29, 1.82) is 0 Å². The van der Waals surface area contributed by atoms with Gasteiger partial charge in [0.15, 0.2) is 5.82 Å². The first-order valence-corrected chi connectivity index (χ1v) is 10.3. The number of hydrogen-bond donors (Lipinski definition) is 0. The van der Waals surface area contributed by atoms with Crippen LogP contribution in [0, 0.1) is 0 Å². The summed E-state index contributed by atoms with van der Waals surface area (Å²) in [6.07, 6.45) is 0.187. The molecule has 0 bridgehead atoms. The molecule has 0 aliphatic carbocycles. The van der Waals surface area contributed by atoms with Gasteiger partial charge >= 0.3 is 6.18 Å². The van der Waals surface area contributed by atoms with Gasteiger partial charge in [-0.1, -0.05) is 29.8 Å². The van der Waals surface area contributed by atoms with Gasteiger partial charge in [-0.15, -0.1) is 0 Å². The highest BCUT2D eigenvalue weighted by atomic mass is 35.5. The lowest BCUT2D eigenvalue weighted by atomic mass is 10.0. The van der Waals surface area contributed by atoms with Crippen LogP contribution in [0.15, 0.2) is 55.0 Å². The van der Waals surface area contributed by atoms with Gasteiger partial charge in [-0.05, 0) is 31.0 Å². The van der Waals surface area contributed by atoms with Crippen LogP contribution in [0.1, 0.15) is 28.8 Å². The Balaban J connectivity index is 1.50. The average molecular weight is 463 g/mol. The van der Waals surface area contributed by atoms with Crippen molar-refractivity contribution in [3.63, 3.8) is 0 Å². The number of amides is 1. The van der Waals surface area contributed by atoms with Crippen LogP contribution >= 0.6 is 11.6 Å². The number of pyridine rings is 1. The molecule has 1 unspecified atom stereocenters. The Morgan fingerprint density at radius 2 is 1.88 bits per heavy atom. The van der Waals surface area contributed by atoms with Crippen molar-refractivity contribution in [2.45, 2.75) is 25.1 Å². The zero-order chi connectivity index (χ0) is 22.7. The van der Waals surface area contributed by atoms with E-state index in [9.17, 15) is 18.0 Å². The largest absolute Gasteiger partial charge is 0.471 e. The smallest absolute Gasteiger partial charge is 0.417 e. The highest BCUT2D eigenvalue weighted by molar-refractivity contribution is 6.31. The molecule has 1 amide bonds. The van der Waals surface area contributed by atoms with Gasteiger partial charge in [0.05, 0.1) is 17.7 Å². The van der Waals surface area contributed by atoms with Crippen LogP contribution in [0.2, 0.25) is 5.02 Å². The van der Waals surface area contributed by atoms with E-state index in [2.05, 4.69) is 15.0 Å². The Hall–Kier alpha value is -3.20. The number of benzene rings is 1. The number of carbonyl (C=O) groups excluding carboxylic acids is 1. The van der Waals surface area contributed by atoms with Crippen molar-refractivity contribution in [2.24, 2.45) is 0 Å². The summed E-state index contributed by atoms with van der Waals surface area (Å²) in [5, 5.41) is -0.227. The van der Waals surface area contributed by atoms with Gasteiger partial charge in [-0.3, -0.25) is 4.79 Å². The number of aromatic nitrogens is 3. The lowest BCUT2D eigenvalue weighted by Gasteiger charge is -2.33. The molecule has 6 nitrogen and oxygen atoms in total. The zero-order valence-electron chi connectivity index (χ0n) is 16.7. The predicted octanol–water partition coefficient (Wildman–Crippen LogP) is 4.89. The summed E-state index contributed by atoms with van der Waals surface area (Å²) in [5.74, 6) is 0.159. The highest BCUT2D eigenvalue weighted by Gasteiger charge is 2.33. The maximum atomic E-state index is 13.3. The number of ether oxygens (including phenoxy) is 1. The first-order chi connectivity index (χ1) is 15.3. The van der Waals surface area contributed by atoms with E-state index in [1.165, 1.54) is 0 Å². The van der Waals surface area contributed by atoms with Gasteiger partial charge in [-0.2, -0.15) is 13.2 Å². The normalized spacial score (nSPS) is 16.6. The number of hydrogen-bond acceptors (Lipinski definition) is 5. The van der Waals surface area contributed by atoms with Crippen LogP contribution in [0.25, 0.3) is 11.4 Å². The summed E-state index contributed by atoms with van der Waals surface area (Å²) in [4.78, 5) is 27.1. The molecular formula is C22H18ClF3N4O2. The zero-order valence-corrected chi connectivity index (χ0v) is 17.5. The summed E-state index contributed by atoms with van der Waals surface area (Å²) in [6.45, 7) is 0.776. The number of likely N-dealkylation sites (tertiary alicyclic amines) is 1. The second-order valence-electron chi connectivity index (χ2n) is 7.26. The van der Waals surface area contributed by atoms with Crippen LogP contribution in [-0.4, -0.2) is 45.0 Å². The number of piperidine rings is 1.